The number of hydrogen-bond acceptors (Lipinski definition) is 2. The molecule has 0 saturated heterocycles. The average Bonchev–Trinajstić information content (AvgIpc) is 1.61. The first kappa shape index (κ1) is 5.11. The monoisotopic (exact) mass is 87.0 g/mol. The lowest BCUT2D eigenvalue weighted by atomic mass is 10.9. The second-order valence-corrected chi connectivity index (χ2v) is 0.589. The minimum Gasteiger partial charge on any atom is -0.434 e. The first-order valence-corrected chi connectivity index (χ1v) is 1.58. The van der Waals surface area contributed by atoms with Crippen LogP contribution in [-0.4, -0.2) is 6.61 Å². The SMILES string of the molecule is CCON=[N+]=[N-]. The highest BCUT2D eigenvalue weighted by molar-refractivity contribution is 4.27. The summed E-state index contributed by atoms with van der Waals surface area (Å²) >= 11 is 0. The zero-order valence-corrected chi connectivity index (χ0v) is 3.46. The maximum absolute atomic E-state index is 7.53. The molecule has 0 atom stereocenters. The first-order valence-electron chi connectivity index (χ1n) is 1.58. The molecule has 0 spiro atoms. The molecule has 0 saturated carbocycles. The highest BCUT2D eigenvalue weighted by Crippen LogP contribution is 1.70. The van der Waals surface area contributed by atoms with Crippen LogP contribution >= 0.6 is 0 Å². The Labute approximate surface area is 35.3 Å². The molecule has 0 unspecified atom stereocenters. The predicted molar refractivity (Wildman–Crippen MR) is 20.8 cm³/mol. The van der Waals surface area contributed by atoms with E-state index in [4.69, 9.17) is 5.53 Å². The topological polar surface area (TPSA) is 58.0 Å². The van der Waals surface area contributed by atoms with Crippen LogP contribution in [-0.2, 0) is 4.84 Å². The molecule has 0 N–H and O–H groups in total. The summed E-state index contributed by atoms with van der Waals surface area (Å²) in [7, 11) is 0. The third-order valence-electron chi connectivity index (χ3n) is 0.223. The van der Waals surface area contributed by atoms with Gasteiger partial charge in [-0.3, -0.25) is 0 Å². The van der Waals surface area contributed by atoms with Gasteiger partial charge in [0.15, 0.2) is 0 Å². The Balaban J connectivity index is 2.86. The predicted octanol–water partition coefficient (Wildman–Crippen LogP) is 1.25. The zero-order valence-electron chi connectivity index (χ0n) is 3.46. The van der Waals surface area contributed by atoms with Crippen molar-refractivity contribution in [3.8, 4) is 0 Å². The number of nitrogens with zero attached hydrogens (tertiary/aromatic N) is 3. The van der Waals surface area contributed by atoms with Crippen molar-refractivity contribution in [1.29, 1.82) is 0 Å². The van der Waals surface area contributed by atoms with Crippen molar-refractivity contribution in [1.82, 2.24) is 0 Å². The third kappa shape index (κ3) is 3.11. The van der Waals surface area contributed by atoms with Crippen LogP contribution in [0.25, 0.3) is 10.4 Å². The van der Waals surface area contributed by atoms with Crippen LogP contribution in [0.5, 0.6) is 0 Å². The van der Waals surface area contributed by atoms with E-state index in [2.05, 4.69) is 15.0 Å². The second kappa shape index (κ2) is 4.11. The molecule has 0 rings (SSSR count). The largest absolute Gasteiger partial charge is 0.434 e. The van der Waals surface area contributed by atoms with E-state index in [-0.39, 0.29) is 0 Å². The van der Waals surface area contributed by atoms with Gasteiger partial charge in [-0.05, 0) is 12.5 Å². The Morgan fingerprint density at radius 1 is 2.00 bits per heavy atom. The molecule has 0 aromatic carbocycles. The molecule has 4 heteroatoms. The minimum absolute atomic E-state index is 0.435. The summed E-state index contributed by atoms with van der Waals surface area (Å²) in [6.07, 6.45) is 0. The van der Waals surface area contributed by atoms with Crippen molar-refractivity contribution in [3.05, 3.63) is 10.4 Å². The fourth-order valence-electron chi connectivity index (χ4n) is 0.0836. The molecule has 0 aliphatic carbocycles. The van der Waals surface area contributed by atoms with E-state index in [9.17, 15) is 0 Å². The fraction of sp³-hybridized carbons (Fsp3) is 1.00. The Bertz CT molecular complexity index is 65.2. The van der Waals surface area contributed by atoms with E-state index >= 15 is 0 Å². The van der Waals surface area contributed by atoms with Crippen LogP contribution in [0.4, 0.5) is 0 Å². The molecule has 34 valence electrons. The van der Waals surface area contributed by atoms with Gasteiger partial charge in [0.2, 0.25) is 0 Å². The molecule has 0 amide bonds. The van der Waals surface area contributed by atoms with Crippen molar-refractivity contribution in [2.75, 3.05) is 6.61 Å². The van der Waals surface area contributed by atoms with Crippen molar-refractivity contribution < 1.29 is 4.84 Å². The maximum Gasteiger partial charge on any atom is 0.111 e. The molecule has 0 aromatic rings. The lowest BCUT2D eigenvalue weighted by molar-refractivity contribution is 0.152. The van der Waals surface area contributed by atoms with Gasteiger partial charge in [0.25, 0.3) is 0 Å². The fourth-order valence-corrected chi connectivity index (χ4v) is 0.0836. The van der Waals surface area contributed by atoms with E-state index in [1.165, 1.54) is 0 Å². The summed E-state index contributed by atoms with van der Waals surface area (Å²) in [6, 6.07) is 0. The lowest BCUT2D eigenvalue weighted by Crippen LogP contribution is -1.71. The van der Waals surface area contributed by atoms with E-state index in [0.29, 0.717) is 6.61 Å². The minimum atomic E-state index is 0.435. The van der Waals surface area contributed by atoms with Gasteiger partial charge < -0.3 is 4.84 Å². The van der Waals surface area contributed by atoms with Crippen LogP contribution in [0.1, 0.15) is 6.92 Å². The average molecular weight is 87.1 g/mol. The molecule has 0 aromatic heterocycles. The van der Waals surface area contributed by atoms with Crippen molar-refractivity contribution >= 4 is 0 Å². The molecule has 4 nitrogen and oxygen atoms in total. The normalized spacial score (nSPS) is 6.17. The lowest BCUT2D eigenvalue weighted by Gasteiger charge is -1.81. The maximum atomic E-state index is 7.53. The molecular weight excluding hydrogens is 82.0 g/mol. The van der Waals surface area contributed by atoms with Gasteiger partial charge in [-0.1, -0.05) is 0 Å². The van der Waals surface area contributed by atoms with E-state index in [0.717, 1.165) is 0 Å². The molecule has 0 radical (unpaired) electrons. The van der Waals surface area contributed by atoms with Crippen LogP contribution in [0.2, 0.25) is 0 Å². The van der Waals surface area contributed by atoms with Gasteiger partial charge in [-0.2, -0.15) is 0 Å². The van der Waals surface area contributed by atoms with Gasteiger partial charge >= 0.3 is 0 Å². The van der Waals surface area contributed by atoms with Gasteiger partial charge in [-0.15, -0.1) is 0 Å². The Morgan fingerprint density at radius 2 is 2.67 bits per heavy atom. The highest BCUT2D eigenvalue weighted by Gasteiger charge is 1.60. The summed E-state index contributed by atoms with van der Waals surface area (Å²) in [5.74, 6) is 0. The second-order valence-electron chi connectivity index (χ2n) is 0.589. The summed E-state index contributed by atoms with van der Waals surface area (Å²) in [4.78, 5) is 6.52. The van der Waals surface area contributed by atoms with Crippen LogP contribution < -0.4 is 0 Å². The molecule has 0 bridgehead atoms. The molecule has 0 aliphatic heterocycles. The van der Waals surface area contributed by atoms with Gasteiger partial charge in [-0.25, -0.2) is 0 Å². The quantitative estimate of drug-likeness (QED) is 0.216. The first-order chi connectivity index (χ1) is 2.91. The summed E-state index contributed by atoms with van der Waals surface area (Å²) < 4.78 is 0. The van der Waals surface area contributed by atoms with Gasteiger partial charge in [0, 0.05) is 4.91 Å². The Hall–Kier alpha value is -0.890. The number of hydrogen-bond donors (Lipinski definition) is 0. The van der Waals surface area contributed by atoms with Crippen LogP contribution in [0.3, 0.4) is 0 Å². The summed E-state index contributed by atoms with van der Waals surface area (Å²) in [5, 5.41) is 2.77. The molecular formula is C2H5N3O. The van der Waals surface area contributed by atoms with Crippen LogP contribution in [0.15, 0.2) is 5.28 Å². The third-order valence-corrected chi connectivity index (χ3v) is 0.223. The molecule has 0 heterocycles. The molecule has 6 heavy (non-hydrogen) atoms. The highest BCUT2D eigenvalue weighted by atomic mass is 16.6. The molecule has 0 fully saturated rings. The van der Waals surface area contributed by atoms with Crippen molar-refractivity contribution in [2.45, 2.75) is 6.92 Å². The van der Waals surface area contributed by atoms with Crippen molar-refractivity contribution in [3.63, 3.8) is 0 Å². The van der Waals surface area contributed by atoms with E-state index < -0.39 is 0 Å². The van der Waals surface area contributed by atoms with Gasteiger partial charge in [0.1, 0.15) is 5.28 Å². The zero-order chi connectivity index (χ0) is 4.83. The van der Waals surface area contributed by atoms with E-state index in [1.807, 2.05) is 0 Å². The van der Waals surface area contributed by atoms with Gasteiger partial charge in [0.05, 0.1) is 6.61 Å². The number of rotatable bonds is 2. The Kier molecular flexibility index (Phi) is 3.50. The summed E-state index contributed by atoms with van der Waals surface area (Å²) in [5.41, 5.74) is 7.53. The molecule has 0 aliphatic rings. The standard InChI is InChI=1S/C2H5N3O/c1-2-6-5-4-3/h2H2,1H3. The number of azide groups is 1. The van der Waals surface area contributed by atoms with Crippen molar-refractivity contribution in [2.24, 2.45) is 5.28 Å². The Morgan fingerprint density at radius 3 is 2.83 bits per heavy atom. The van der Waals surface area contributed by atoms with Crippen LogP contribution in [0, 0.1) is 0 Å². The summed E-state index contributed by atoms with van der Waals surface area (Å²) in [6.45, 7) is 2.18. The van der Waals surface area contributed by atoms with E-state index in [1.54, 1.807) is 6.92 Å². The smallest absolute Gasteiger partial charge is 0.111 e.